The first kappa shape index (κ1) is 13.9. The topological polar surface area (TPSA) is 71.9 Å². The van der Waals surface area contributed by atoms with Gasteiger partial charge in [-0.3, -0.25) is 4.98 Å². The number of rotatable bonds is 6. The van der Waals surface area contributed by atoms with E-state index in [4.69, 9.17) is 15.7 Å². The highest BCUT2D eigenvalue weighted by Gasteiger charge is 2.02. The van der Waals surface area contributed by atoms with E-state index >= 15 is 0 Å². The Balaban J connectivity index is 1.82. The van der Waals surface area contributed by atoms with Gasteiger partial charge in [-0.2, -0.15) is 5.26 Å². The Bertz CT molecular complexity index is 590. The number of nitrogen functional groups attached to an aromatic ring is 1. The average molecular weight is 267 g/mol. The number of aromatic nitrogens is 1. The summed E-state index contributed by atoms with van der Waals surface area (Å²) in [7, 11) is 0. The third-order valence-corrected chi connectivity index (χ3v) is 3.01. The van der Waals surface area contributed by atoms with Crippen molar-refractivity contribution in [2.75, 3.05) is 12.3 Å². The van der Waals surface area contributed by atoms with Gasteiger partial charge in [-0.05, 0) is 54.3 Å². The number of nitrogens with zero attached hydrogens (tertiary/aromatic N) is 2. The van der Waals surface area contributed by atoms with Crippen molar-refractivity contribution >= 4 is 5.69 Å². The number of hydrogen-bond donors (Lipinski definition) is 1. The number of nitrogens with two attached hydrogens (primary N) is 1. The van der Waals surface area contributed by atoms with E-state index in [1.807, 2.05) is 24.3 Å². The maximum atomic E-state index is 8.72. The molecular formula is C16H17N3O. The number of benzene rings is 1. The number of hydrogen-bond acceptors (Lipinski definition) is 4. The van der Waals surface area contributed by atoms with E-state index < -0.39 is 0 Å². The van der Waals surface area contributed by atoms with Gasteiger partial charge in [0.25, 0.3) is 0 Å². The molecule has 4 heteroatoms. The third-order valence-electron chi connectivity index (χ3n) is 3.01. The molecule has 0 aliphatic rings. The van der Waals surface area contributed by atoms with Crippen molar-refractivity contribution in [1.29, 1.82) is 5.26 Å². The summed E-state index contributed by atoms with van der Waals surface area (Å²) < 4.78 is 5.69. The SMILES string of the molecule is N#CCc1cc(OCCCc2ccncc2)ccc1N. The average Bonchev–Trinajstić information content (AvgIpc) is 2.48. The molecule has 1 aromatic heterocycles. The van der Waals surface area contributed by atoms with Crippen LogP contribution in [0.3, 0.4) is 0 Å². The molecule has 4 nitrogen and oxygen atoms in total. The Kier molecular flexibility index (Phi) is 4.96. The highest BCUT2D eigenvalue weighted by atomic mass is 16.5. The molecule has 0 aliphatic carbocycles. The monoisotopic (exact) mass is 267 g/mol. The van der Waals surface area contributed by atoms with Gasteiger partial charge in [0.15, 0.2) is 0 Å². The van der Waals surface area contributed by atoms with Crippen LogP contribution in [0.1, 0.15) is 17.5 Å². The lowest BCUT2D eigenvalue weighted by Crippen LogP contribution is -2.01. The largest absolute Gasteiger partial charge is 0.494 e. The van der Waals surface area contributed by atoms with Gasteiger partial charge in [0.05, 0.1) is 19.1 Å². The summed E-state index contributed by atoms with van der Waals surface area (Å²) in [4.78, 5) is 3.99. The van der Waals surface area contributed by atoms with Crippen LogP contribution in [0.5, 0.6) is 5.75 Å². The van der Waals surface area contributed by atoms with Gasteiger partial charge in [0.1, 0.15) is 5.75 Å². The first-order valence-electron chi connectivity index (χ1n) is 6.56. The molecular weight excluding hydrogens is 250 g/mol. The van der Waals surface area contributed by atoms with Crippen molar-refractivity contribution < 1.29 is 4.74 Å². The Morgan fingerprint density at radius 1 is 1.20 bits per heavy atom. The molecule has 20 heavy (non-hydrogen) atoms. The molecule has 0 saturated heterocycles. The van der Waals surface area contributed by atoms with Gasteiger partial charge in [-0.15, -0.1) is 0 Å². The standard InChI is InChI=1S/C16H17N3O/c17-8-5-14-12-15(3-4-16(14)18)20-11-1-2-13-6-9-19-10-7-13/h3-4,6-7,9-10,12H,1-2,5,11,18H2. The first-order valence-corrected chi connectivity index (χ1v) is 6.56. The molecule has 0 saturated carbocycles. The van der Waals surface area contributed by atoms with Crippen LogP contribution in [0, 0.1) is 11.3 Å². The maximum Gasteiger partial charge on any atom is 0.119 e. The van der Waals surface area contributed by atoms with Gasteiger partial charge in [0.2, 0.25) is 0 Å². The molecule has 1 heterocycles. The fourth-order valence-corrected chi connectivity index (χ4v) is 1.93. The fourth-order valence-electron chi connectivity index (χ4n) is 1.93. The van der Waals surface area contributed by atoms with Gasteiger partial charge in [0, 0.05) is 18.1 Å². The molecule has 2 N–H and O–H groups in total. The summed E-state index contributed by atoms with van der Waals surface area (Å²) in [5.74, 6) is 0.763. The van der Waals surface area contributed by atoms with Crippen molar-refractivity contribution in [2.24, 2.45) is 0 Å². The summed E-state index contributed by atoms with van der Waals surface area (Å²) in [6.07, 6.45) is 5.79. The summed E-state index contributed by atoms with van der Waals surface area (Å²) >= 11 is 0. The van der Waals surface area contributed by atoms with Gasteiger partial charge >= 0.3 is 0 Å². The number of pyridine rings is 1. The van der Waals surface area contributed by atoms with Crippen molar-refractivity contribution in [1.82, 2.24) is 4.98 Å². The number of ether oxygens (including phenoxy) is 1. The molecule has 0 atom stereocenters. The molecule has 0 aliphatic heterocycles. The summed E-state index contributed by atoms with van der Waals surface area (Å²) in [5.41, 5.74) is 8.50. The van der Waals surface area contributed by atoms with Gasteiger partial charge < -0.3 is 10.5 Å². The summed E-state index contributed by atoms with van der Waals surface area (Å²) in [5, 5.41) is 8.72. The number of aryl methyl sites for hydroxylation is 1. The zero-order valence-electron chi connectivity index (χ0n) is 11.2. The Morgan fingerprint density at radius 2 is 2.00 bits per heavy atom. The van der Waals surface area contributed by atoms with E-state index in [-0.39, 0.29) is 0 Å². The second kappa shape index (κ2) is 7.15. The molecule has 0 amide bonds. The third kappa shape index (κ3) is 3.99. The molecule has 0 unspecified atom stereocenters. The number of nitriles is 1. The predicted molar refractivity (Wildman–Crippen MR) is 78.2 cm³/mol. The maximum absolute atomic E-state index is 8.72. The highest BCUT2D eigenvalue weighted by Crippen LogP contribution is 2.20. The Hall–Kier alpha value is -2.54. The molecule has 2 aromatic rings. The Morgan fingerprint density at radius 3 is 2.75 bits per heavy atom. The van der Waals surface area contributed by atoms with Crippen LogP contribution < -0.4 is 10.5 Å². The van der Waals surface area contributed by atoms with Crippen LogP contribution in [0.25, 0.3) is 0 Å². The smallest absolute Gasteiger partial charge is 0.119 e. The number of anilines is 1. The van der Waals surface area contributed by atoms with E-state index in [0.29, 0.717) is 18.7 Å². The molecule has 0 spiro atoms. The zero-order valence-corrected chi connectivity index (χ0v) is 11.2. The van der Waals surface area contributed by atoms with Crippen molar-refractivity contribution in [3.8, 4) is 11.8 Å². The van der Waals surface area contributed by atoms with Crippen LogP contribution in [0.2, 0.25) is 0 Å². The lowest BCUT2D eigenvalue weighted by Gasteiger charge is -2.09. The molecule has 0 fully saturated rings. The van der Waals surface area contributed by atoms with Crippen LogP contribution in [-0.4, -0.2) is 11.6 Å². The van der Waals surface area contributed by atoms with E-state index in [2.05, 4.69) is 11.1 Å². The minimum absolute atomic E-state index is 0.306. The Labute approximate surface area is 118 Å². The van der Waals surface area contributed by atoms with Gasteiger partial charge in [-0.1, -0.05) is 0 Å². The lowest BCUT2D eigenvalue weighted by molar-refractivity contribution is 0.311. The highest BCUT2D eigenvalue weighted by molar-refractivity contribution is 5.51. The second-order valence-electron chi connectivity index (χ2n) is 4.50. The fraction of sp³-hybridized carbons (Fsp3) is 0.250. The molecule has 0 radical (unpaired) electrons. The molecule has 1 aromatic carbocycles. The van der Waals surface area contributed by atoms with E-state index in [0.717, 1.165) is 24.2 Å². The molecule has 2 rings (SSSR count). The van der Waals surface area contributed by atoms with Gasteiger partial charge in [-0.25, -0.2) is 0 Å². The van der Waals surface area contributed by atoms with Crippen LogP contribution in [0.15, 0.2) is 42.7 Å². The second-order valence-corrected chi connectivity index (χ2v) is 4.50. The summed E-state index contributed by atoms with van der Waals surface area (Å²) in [6, 6.07) is 11.6. The van der Waals surface area contributed by atoms with E-state index in [1.165, 1.54) is 5.56 Å². The predicted octanol–water partition coefficient (Wildman–Crippen LogP) is 2.74. The minimum atomic E-state index is 0.306. The van der Waals surface area contributed by atoms with Crippen LogP contribution in [0.4, 0.5) is 5.69 Å². The lowest BCUT2D eigenvalue weighted by atomic mass is 10.1. The first-order chi connectivity index (χ1) is 9.79. The van der Waals surface area contributed by atoms with E-state index in [9.17, 15) is 0 Å². The van der Waals surface area contributed by atoms with Crippen LogP contribution in [-0.2, 0) is 12.8 Å². The van der Waals surface area contributed by atoms with Crippen molar-refractivity contribution in [2.45, 2.75) is 19.3 Å². The van der Waals surface area contributed by atoms with Crippen LogP contribution >= 0.6 is 0 Å². The molecule has 102 valence electrons. The van der Waals surface area contributed by atoms with E-state index in [1.54, 1.807) is 18.5 Å². The van der Waals surface area contributed by atoms with Crippen molar-refractivity contribution in [3.63, 3.8) is 0 Å². The minimum Gasteiger partial charge on any atom is -0.494 e. The summed E-state index contributed by atoms with van der Waals surface area (Å²) in [6.45, 7) is 0.637. The zero-order chi connectivity index (χ0) is 14.2. The molecule has 0 bridgehead atoms. The normalized spacial score (nSPS) is 9.95. The quantitative estimate of drug-likeness (QED) is 0.645. The van der Waals surface area contributed by atoms with Crippen molar-refractivity contribution in [3.05, 3.63) is 53.9 Å².